The van der Waals surface area contributed by atoms with E-state index in [1.165, 1.54) is 12.1 Å². The summed E-state index contributed by atoms with van der Waals surface area (Å²) in [5.74, 6) is -0.596. The summed E-state index contributed by atoms with van der Waals surface area (Å²) in [6, 6.07) is 6.30. The molecule has 0 aromatic heterocycles. The lowest BCUT2D eigenvalue weighted by atomic mass is 10.0. The van der Waals surface area contributed by atoms with Gasteiger partial charge in [0.05, 0.1) is 0 Å². The van der Waals surface area contributed by atoms with E-state index in [-0.39, 0.29) is 23.8 Å². The molecule has 5 rings (SSSR count). The molecular weight excluding hydrogens is 387 g/mol. The maximum atomic E-state index is 13.2. The maximum Gasteiger partial charge on any atom is 0.271 e. The quantitative estimate of drug-likeness (QED) is 0.778. The molecule has 2 N–H and O–H groups in total. The molecule has 1 unspecified atom stereocenters. The van der Waals surface area contributed by atoms with Gasteiger partial charge in [0.2, 0.25) is 0 Å². The Morgan fingerprint density at radius 1 is 1.03 bits per heavy atom. The Hall–Kier alpha value is -3.13. The second-order valence-corrected chi connectivity index (χ2v) is 8.15. The van der Waals surface area contributed by atoms with Crippen molar-refractivity contribution in [3.8, 4) is 0 Å². The van der Waals surface area contributed by atoms with Crippen molar-refractivity contribution in [2.24, 2.45) is 0 Å². The number of amides is 2. The number of nitrogens with one attached hydrogen (secondary N) is 1. The summed E-state index contributed by atoms with van der Waals surface area (Å²) in [5, 5.41) is 13.2. The van der Waals surface area contributed by atoms with Gasteiger partial charge in [-0.25, -0.2) is 4.39 Å². The van der Waals surface area contributed by atoms with Gasteiger partial charge in [-0.05, 0) is 42.2 Å². The second kappa shape index (κ2) is 6.98. The van der Waals surface area contributed by atoms with E-state index < -0.39 is 5.60 Å². The van der Waals surface area contributed by atoms with Gasteiger partial charge in [-0.3, -0.25) is 9.59 Å². The first kappa shape index (κ1) is 18.9. The zero-order chi connectivity index (χ0) is 20.9. The van der Waals surface area contributed by atoms with Gasteiger partial charge in [-0.1, -0.05) is 18.2 Å². The van der Waals surface area contributed by atoms with Crippen LogP contribution in [0.5, 0.6) is 0 Å². The number of piperazine rings is 1. The normalized spacial score (nSPS) is 24.1. The minimum Gasteiger partial charge on any atom is -0.380 e. The van der Waals surface area contributed by atoms with Crippen molar-refractivity contribution in [2.45, 2.75) is 24.6 Å². The van der Waals surface area contributed by atoms with Crippen molar-refractivity contribution in [3.05, 3.63) is 65.9 Å². The predicted octanol–water partition coefficient (Wildman–Crippen LogP) is 1.00. The van der Waals surface area contributed by atoms with Gasteiger partial charge in [-0.2, -0.15) is 0 Å². The van der Waals surface area contributed by atoms with E-state index in [0.29, 0.717) is 44.7 Å². The first-order chi connectivity index (χ1) is 14.4. The summed E-state index contributed by atoms with van der Waals surface area (Å²) >= 11 is 0. The zero-order valence-corrected chi connectivity index (χ0v) is 16.4. The first-order valence-electron chi connectivity index (χ1n) is 10.2. The van der Waals surface area contributed by atoms with Crippen molar-refractivity contribution >= 4 is 17.4 Å². The molecule has 1 aliphatic carbocycles. The lowest BCUT2D eigenvalue weighted by molar-refractivity contribution is -0.146. The molecule has 1 aromatic carbocycles. The van der Waals surface area contributed by atoms with Gasteiger partial charge in [0, 0.05) is 38.6 Å². The topological polar surface area (TPSA) is 76.1 Å². The van der Waals surface area contributed by atoms with Gasteiger partial charge >= 0.3 is 0 Å². The molecular formula is C22H23FN4O3. The summed E-state index contributed by atoms with van der Waals surface area (Å²) in [4.78, 5) is 30.5. The number of halogens is 1. The number of hydrogen-bond donors (Lipinski definition) is 2. The monoisotopic (exact) mass is 410 g/mol. The van der Waals surface area contributed by atoms with Crippen LogP contribution >= 0.6 is 0 Å². The highest BCUT2D eigenvalue weighted by atomic mass is 19.1. The average molecular weight is 410 g/mol. The molecule has 0 spiro atoms. The van der Waals surface area contributed by atoms with Crippen LogP contribution in [-0.4, -0.2) is 69.6 Å². The number of carbonyl (C=O) groups excluding carboxylic acids is 2. The Morgan fingerprint density at radius 3 is 2.37 bits per heavy atom. The van der Waals surface area contributed by atoms with Gasteiger partial charge in [0.1, 0.15) is 23.3 Å². The highest BCUT2D eigenvalue weighted by Crippen LogP contribution is 2.37. The molecule has 2 amide bonds. The molecule has 2 fully saturated rings. The van der Waals surface area contributed by atoms with Crippen molar-refractivity contribution in [2.75, 3.05) is 26.2 Å². The molecule has 1 atom stereocenters. The van der Waals surface area contributed by atoms with E-state index in [1.54, 1.807) is 28.1 Å². The molecule has 0 radical (unpaired) electrons. The van der Waals surface area contributed by atoms with Crippen molar-refractivity contribution in [3.63, 3.8) is 0 Å². The Morgan fingerprint density at radius 2 is 1.70 bits per heavy atom. The molecule has 3 aliphatic heterocycles. The van der Waals surface area contributed by atoms with Gasteiger partial charge in [-0.15, -0.1) is 0 Å². The number of aliphatic hydroxyl groups is 1. The fourth-order valence-corrected chi connectivity index (χ4v) is 4.00. The van der Waals surface area contributed by atoms with Crippen LogP contribution in [0.1, 0.15) is 18.4 Å². The van der Waals surface area contributed by atoms with Crippen molar-refractivity contribution < 1.29 is 19.1 Å². The highest BCUT2D eigenvalue weighted by molar-refractivity contribution is 5.94. The van der Waals surface area contributed by atoms with Crippen LogP contribution in [0.15, 0.2) is 54.5 Å². The Bertz CT molecular complexity index is 973. The number of nitrogens with zero attached hydrogens (tertiary/aromatic N) is 3. The third kappa shape index (κ3) is 3.37. The summed E-state index contributed by atoms with van der Waals surface area (Å²) in [6.45, 7) is 1.75. The molecule has 156 valence electrons. The lowest BCUT2D eigenvalue weighted by Crippen LogP contribution is -2.54. The van der Waals surface area contributed by atoms with E-state index in [4.69, 9.17) is 0 Å². The SMILES string of the molecule is O=C(C1=CN2C=C(c3ccc(F)cc3)C=CC2N1)N1CCN(C(=O)C2(O)CC2)CC1. The van der Waals surface area contributed by atoms with E-state index in [1.807, 2.05) is 23.3 Å². The van der Waals surface area contributed by atoms with E-state index in [2.05, 4.69) is 5.32 Å². The molecule has 8 heteroatoms. The number of benzene rings is 1. The smallest absolute Gasteiger partial charge is 0.271 e. The number of allylic oxidation sites excluding steroid dienone is 2. The number of rotatable bonds is 3. The predicted molar refractivity (Wildman–Crippen MR) is 108 cm³/mol. The summed E-state index contributed by atoms with van der Waals surface area (Å²) in [6.07, 6.45) is 8.54. The third-order valence-corrected chi connectivity index (χ3v) is 6.03. The van der Waals surface area contributed by atoms with Crippen LogP contribution in [0.2, 0.25) is 0 Å². The van der Waals surface area contributed by atoms with Crippen LogP contribution in [0.4, 0.5) is 4.39 Å². The Balaban J connectivity index is 1.23. The van der Waals surface area contributed by atoms with Crippen molar-refractivity contribution in [1.82, 2.24) is 20.0 Å². The highest BCUT2D eigenvalue weighted by Gasteiger charge is 2.50. The van der Waals surface area contributed by atoms with Crippen LogP contribution < -0.4 is 5.32 Å². The van der Waals surface area contributed by atoms with Crippen LogP contribution in [0.3, 0.4) is 0 Å². The number of carbonyl (C=O) groups is 2. The standard InChI is InChI=1S/C22H23FN4O3/c23-17-4-1-15(2-5-17)16-3-6-19-24-18(14-27(19)13-16)20(28)25-9-11-26(12-10-25)21(29)22(30)7-8-22/h1-6,13-14,19,24,30H,7-12H2. The summed E-state index contributed by atoms with van der Waals surface area (Å²) < 4.78 is 13.2. The fourth-order valence-electron chi connectivity index (χ4n) is 4.00. The van der Waals surface area contributed by atoms with E-state index in [0.717, 1.165) is 11.1 Å². The van der Waals surface area contributed by atoms with Gasteiger partial charge in [0.25, 0.3) is 11.8 Å². The molecule has 30 heavy (non-hydrogen) atoms. The number of hydrogen-bond acceptors (Lipinski definition) is 5. The largest absolute Gasteiger partial charge is 0.380 e. The minimum atomic E-state index is -1.16. The van der Waals surface area contributed by atoms with Gasteiger partial charge in [0.15, 0.2) is 0 Å². The molecule has 4 aliphatic rings. The molecule has 3 heterocycles. The minimum absolute atomic E-state index is 0.105. The average Bonchev–Trinajstić information content (AvgIpc) is 3.38. The fraction of sp³-hybridized carbons (Fsp3) is 0.364. The van der Waals surface area contributed by atoms with Crippen LogP contribution in [0.25, 0.3) is 5.57 Å². The van der Waals surface area contributed by atoms with E-state index in [9.17, 15) is 19.1 Å². The molecule has 7 nitrogen and oxygen atoms in total. The molecule has 1 saturated carbocycles. The Labute approximate surface area is 173 Å². The Kier molecular flexibility index (Phi) is 4.39. The second-order valence-electron chi connectivity index (χ2n) is 8.15. The zero-order valence-electron chi connectivity index (χ0n) is 16.4. The summed E-state index contributed by atoms with van der Waals surface area (Å²) in [5.41, 5.74) is 1.17. The molecule has 1 saturated heterocycles. The van der Waals surface area contributed by atoms with Gasteiger partial charge < -0.3 is 25.1 Å². The lowest BCUT2D eigenvalue weighted by Gasteiger charge is -2.35. The molecule has 1 aromatic rings. The van der Waals surface area contributed by atoms with Crippen LogP contribution in [0, 0.1) is 5.82 Å². The third-order valence-electron chi connectivity index (χ3n) is 6.03. The number of fused-ring (bicyclic) bond motifs is 1. The van der Waals surface area contributed by atoms with E-state index >= 15 is 0 Å². The summed E-state index contributed by atoms with van der Waals surface area (Å²) in [7, 11) is 0. The van der Waals surface area contributed by atoms with Crippen LogP contribution in [-0.2, 0) is 9.59 Å². The van der Waals surface area contributed by atoms with Crippen molar-refractivity contribution in [1.29, 1.82) is 0 Å². The first-order valence-corrected chi connectivity index (χ1v) is 10.2. The molecule has 0 bridgehead atoms. The maximum absolute atomic E-state index is 13.2.